The predicted octanol–water partition coefficient (Wildman–Crippen LogP) is 3.14. The fraction of sp³-hybridized carbons (Fsp3) is 0.462. The SMILES string of the molecule is C=C(C)C(=O)OCCOC.C=CC.C=CC. The van der Waals surface area contributed by atoms with Crippen molar-refractivity contribution in [3.63, 3.8) is 0 Å². The number of esters is 1. The molecule has 0 aliphatic carbocycles. The molecule has 0 rings (SSSR count). The van der Waals surface area contributed by atoms with Crippen LogP contribution in [0.15, 0.2) is 37.5 Å². The summed E-state index contributed by atoms with van der Waals surface area (Å²) in [7, 11) is 1.55. The van der Waals surface area contributed by atoms with Crippen molar-refractivity contribution in [2.45, 2.75) is 20.8 Å². The third kappa shape index (κ3) is 29.3. The van der Waals surface area contributed by atoms with E-state index in [0.717, 1.165) is 0 Å². The number of hydrogen-bond acceptors (Lipinski definition) is 3. The van der Waals surface area contributed by atoms with Gasteiger partial charge in [-0.05, 0) is 20.8 Å². The van der Waals surface area contributed by atoms with E-state index in [4.69, 9.17) is 0 Å². The van der Waals surface area contributed by atoms with Gasteiger partial charge in [0.25, 0.3) is 0 Å². The molecule has 0 saturated heterocycles. The minimum atomic E-state index is -0.364. The van der Waals surface area contributed by atoms with E-state index in [1.165, 1.54) is 0 Å². The summed E-state index contributed by atoms with van der Waals surface area (Å²) in [6, 6.07) is 0. The van der Waals surface area contributed by atoms with Crippen LogP contribution in [0.5, 0.6) is 0 Å². The van der Waals surface area contributed by atoms with Crippen LogP contribution >= 0.6 is 0 Å². The first-order valence-corrected chi connectivity index (χ1v) is 4.97. The van der Waals surface area contributed by atoms with E-state index in [2.05, 4.69) is 29.2 Å². The van der Waals surface area contributed by atoms with Gasteiger partial charge in [0.05, 0.1) is 6.61 Å². The molecule has 0 fully saturated rings. The molecule has 0 aromatic carbocycles. The molecule has 0 bridgehead atoms. The Kier molecular flexibility index (Phi) is 24.2. The summed E-state index contributed by atoms with van der Waals surface area (Å²) >= 11 is 0. The lowest BCUT2D eigenvalue weighted by Crippen LogP contribution is -2.09. The highest BCUT2D eigenvalue weighted by Gasteiger charge is 2.00. The van der Waals surface area contributed by atoms with Crippen LogP contribution in [0, 0.1) is 0 Å². The number of carbonyl (C=O) groups excluding carboxylic acids is 1. The summed E-state index contributed by atoms with van der Waals surface area (Å²) in [4.78, 5) is 10.6. The van der Waals surface area contributed by atoms with Crippen molar-refractivity contribution in [1.29, 1.82) is 0 Å². The molecule has 16 heavy (non-hydrogen) atoms. The van der Waals surface area contributed by atoms with E-state index in [9.17, 15) is 4.79 Å². The molecule has 0 aromatic rings. The van der Waals surface area contributed by atoms with E-state index >= 15 is 0 Å². The van der Waals surface area contributed by atoms with Crippen molar-refractivity contribution >= 4 is 5.97 Å². The summed E-state index contributed by atoms with van der Waals surface area (Å²) in [6.45, 7) is 16.2. The Morgan fingerprint density at radius 1 is 1.19 bits per heavy atom. The minimum Gasteiger partial charge on any atom is -0.460 e. The van der Waals surface area contributed by atoms with Gasteiger partial charge in [-0.3, -0.25) is 0 Å². The monoisotopic (exact) mass is 228 g/mol. The van der Waals surface area contributed by atoms with Gasteiger partial charge in [0.15, 0.2) is 0 Å². The summed E-state index contributed by atoms with van der Waals surface area (Å²) in [5.41, 5.74) is 0.413. The largest absolute Gasteiger partial charge is 0.460 e. The third-order valence-electron chi connectivity index (χ3n) is 0.869. The van der Waals surface area contributed by atoms with Crippen LogP contribution in [0.25, 0.3) is 0 Å². The average Bonchev–Trinajstić information content (AvgIpc) is 2.20. The van der Waals surface area contributed by atoms with Gasteiger partial charge in [-0.1, -0.05) is 18.7 Å². The number of methoxy groups -OCH3 is 1. The highest BCUT2D eigenvalue weighted by atomic mass is 16.6. The maximum absolute atomic E-state index is 10.6. The molecule has 0 spiro atoms. The van der Waals surface area contributed by atoms with Crippen molar-refractivity contribution in [2.24, 2.45) is 0 Å². The maximum Gasteiger partial charge on any atom is 0.333 e. The normalized spacial score (nSPS) is 7.25. The predicted molar refractivity (Wildman–Crippen MR) is 69.4 cm³/mol. The number of rotatable bonds is 4. The Morgan fingerprint density at radius 2 is 1.56 bits per heavy atom. The molecule has 0 radical (unpaired) electrons. The fourth-order valence-corrected chi connectivity index (χ4v) is 0.341. The van der Waals surface area contributed by atoms with Gasteiger partial charge in [0, 0.05) is 12.7 Å². The Bertz CT molecular complexity index is 189. The van der Waals surface area contributed by atoms with E-state index in [1.54, 1.807) is 26.2 Å². The number of hydrogen-bond donors (Lipinski definition) is 0. The lowest BCUT2D eigenvalue weighted by Gasteiger charge is -2.01. The Labute approximate surface area is 99.5 Å². The van der Waals surface area contributed by atoms with Gasteiger partial charge in [-0.25, -0.2) is 4.79 Å². The van der Waals surface area contributed by atoms with Crippen molar-refractivity contribution < 1.29 is 14.3 Å². The van der Waals surface area contributed by atoms with Crippen LogP contribution in [0.3, 0.4) is 0 Å². The van der Waals surface area contributed by atoms with Gasteiger partial charge in [0.2, 0.25) is 0 Å². The summed E-state index contributed by atoms with van der Waals surface area (Å²) in [5.74, 6) is -0.364. The highest BCUT2D eigenvalue weighted by molar-refractivity contribution is 5.86. The zero-order chi connectivity index (χ0) is 13.4. The van der Waals surface area contributed by atoms with E-state index in [0.29, 0.717) is 18.8 Å². The van der Waals surface area contributed by atoms with E-state index < -0.39 is 0 Å². The average molecular weight is 228 g/mol. The molecular formula is C13H24O3. The molecule has 0 heterocycles. The van der Waals surface area contributed by atoms with Gasteiger partial charge in [0.1, 0.15) is 6.61 Å². The molecular weight excluding hydrogens is 204 g/mol. The number of carbonyl (C=O) groups is 1. The van der Waals surface area contributed by atoms with Crippen LogP contribution in [0.4, 0.5) is 0 Å². The second kappa shape index (κ2) is 19.3. The van der Waals surface area contributed by atoms with Crippen LogP contribution < -0.4 is 0 Å². The standard InChI is InChI=1S/C7H12O3.2C3H6/c1-6(2)7(8)10-5-4-9-3;2*1-3-2/h1,4-5H2,2-3H3;2*3H,1H2,2H3. The number of ether oxygens (including phenoxy) is 2. The summed E-state index contributed by atoms with van der Waals surface area (Å²) in [5, 5.41) is 0. The molecule has 0 saturated carbocycles. The Hall–Kier alpha value is -1.35. The van der Waals surface area contributed by atoms with Crippen molar-refractivity contribution in [3.8, 4) is 0 Å². The van der Waals surface area contributed by atoms with Gasteiger partial charge in [-0.15, -0.1) is 13.2 Å². The second-order valence-electron chi connectivity index (χ2n) is 2.73. The van der Waals surface area contributed by atoms with Gasteiger partial charge in [-0.2, -0.15) is 0 Å². The van der Waals surface area contributed by atoms with Crippen LogP contribution in [-0.4, -0.2) is 26.3 Å². The summed E-state index contributed by atoms with van der Waals surface area (Å²) < 4.78 is 9.35. The van der Waals surface area contributed by atoms with Gasteiger partial charge < -0.3 is 9.47 Å². The first kappa shape index (κ1) is 20.1. The highest BCUT2D eigenvalue weighted by Crippen LogP contribution is 1.90. The maximum atomic E-state index is 10.6. The van der Waals surface area contributed by atoms with Gasteiger partial charge >= 0.3 is 5.97 Å². The second-order valence-corrected chi connectivity index (χ2v) is 2.73. The molecule has 0 aliphatic rings. The van der Waals surface area contributed by atoms with E-state index in [-0.39, 0.29) is 5.97 Å². The van der Waals surface area contributed by atoms with E-state index in [1.807, 2.05) is 13.8 Å². The zero-order valence-corrected chi connectivity index (χ0v) is 10.9. The number of allylic oxidation sites excluding steroid dienone is 2. The van der Waals surface area contributed by atoms with Crippen molar-refractivity contribution in [3.05, 3.63) is 37.5 Å². The Morgan fingerprint density at radius 3 is 1.81 bits per heavy atom. The smallest absolute Gasteiger partial charge is 0.333 e. The molecule has 3 nitrogen and oxygen atoms in total. The topological polar surface area (TPSA) is 35.5 Å². The van der Waals surface area contributed by atoms with Crippen LogP contribution in [0.1, 0.15) is 20.8 Å². The first-order valence-electron chi connectivity index (χ1n) is 4.97. The zero-order valence-electron chi connectivity index (χ0n) is 10.9. The lowest BCUT2D eigenvalue weighted by molar-refractivity contribution is -0.140. The Balaban J connectivity index is -0.000000235. The molecule has 94 valence electrons. The quantitative estimate of drug-likeness (QED) is 0.321. The summed E-state index contributed by atoms with van der Waals surface area (Å²) in [6.07, 6.45) is 3.50. The van der Waals surface area contributed by atoms with Crippen LogP contribution in [0.2, 0.25) is 0 Å². The van der Waals surface area contributed by atoms with Crippen LogP contribution in [-0.2, 0) is 14.3 Å². The first-order chi connectivity index (χ1) is 7.51. The minimum absolute atomic E-state index is 0.294. The molecule has 0 aromatic heterocycles. The fourth-order valence-electron chi connectivity index (χ4n) is 0.341. The third-order valence-corrected chi connectivity index (χ3v) is 0.869. The van der Waals surface area contributed by atoms with Crippen molar-refractivity contribution in [2.75, 3.05) is 20.3 Å². The molecule has 0 N–H and O–H groups in total. The molecule has 0 unspecified atom stereocenters. The molecule has 0 atom stereocenters. The van der Waals surface area contributed by atoms with Crippen molar-refractivity contribution in [1.82, 2.24) is 0 Å². The molecule has 0 aliphatic heterocycles. The molecule has 0 amide bonds. The molecule has 3 heteroatoms. The lowest BCUT2D eigenvalue weighted by atomic mass is 10.4.